The number of aromatic nitrogens is 2. The van der Waals surface area contributed by atoms with E-state index in [2.05, 4.69) is 37.0 Å². The molecule has 114 valence electrons. The lowest BCUT2D eigenvalue weighted by Gasteiger charge is -2.34. The first-order valence-electron chi connectivity index (χ1n) is 8.00. The van der Waals surface area contributed by atoms with Crippen LogP contribution in [0.2, 0.25) is 0 Å². The van der Waals surface area contributed by atoms with Gasteiger partial charge in [0.15, 0.2) is 0 Å². The monoisotopic (exact) mass is 279 g/mol. The van der Waals surface area contributed by atoms with Gasteiger partial charge in [-0.2, -0.15) is 5.10 Å². The quantitative estimate of drug-likeness (QED) is 0.870. The average molecular weight is 279 g/mol. The van der Waals surface area contributed by atoms with Crippen LogP contribution in [-0.2, 0) is 13.1 Å². The Morgan fingerprint density at radius 3 is 2.60 bits per heavy atom. The number of hydrogen-bond acceptors (Lipinski definition) is 3. The number of likely N-dealkylation sites (tertiary alicyclic amines) is 1. The van der Waals surface area contributed by atoms with Gasteiger partial charge in [-0.3, -0.25) is 9.58 Å². The Morgan fingerprint density at radius 2 is 2.05 bits per heavy atom. The van der Waals surface area contributed by atoms with Gasteiger partial charge in [-0.25, -0.2) is 0 Å². The van der Waals surface area contributed by atoms with Crippen LogP contribution in [0.5, 0.6) is 0 Å². The third kappa shape index (κ3) is 4.32. The van der Waals surface area contributed by atoms with E-state index in [0.29, 0.717) is 11.8 Å². The second-order valence-corrected chi connectivity index (χ2v) is 6.51. The SMILES string of the molecule is CCn1cc(CN2CCC([C@H](O)CC(C)C)CC2)cn1. The van der Waals surface area contributed by atoms with Crippen LogP contribution in [0.25, 0.3) is 0 Å². The number of piperidine rings is 1. The summed E-state index contributed by atoms with van der Waals surface area (Å²) in [6.45, 7) is 10.6. The molecule has 4 nitrogen and oxygen atoms in total. The van der Waals surface area contributed by atoms with Crippen molar-refractivity contribution < 1.29 is 5.11 Å². The first-order valence-corrected chi connectivity index (χ1v) is 8.00. The fourth-order valence-corrected chi connectivity index (χ4v) is 3.09. The van der Waals surface area contributed by atoms with Crippen molar-refractivity contribution in [2.24, 2.45) is 11.8 Å². The maximum atomic E-state index is 10.2. The van der Waals surface area contributed by atoms with E-state index in [1.165, 1.54) is 5.56 Å². The van der Waals surface area contributed by atoms with Crippen molar-refractivity contribution in [1.29, 1.82) is 0 Å². The Balaban J connectivity index is 1.76. The molecule has 0 spiro atoms. The van der Waals surface area contributed by atoms with Gasteiger partial charge in [0.05, 0.1) is 12.3 Å². The summed E-state index contributed by atoms with van der Waals surface area (Å²) in [7, 11) is 0. The number of aliphatic hydroxyl groups is 1. The lowest BCUT2D eigenvalue weighted by molar-refractivity contribution is 0.0436. The summed E-state index contributed by atoms with van der Waals surface area (Å²) in [5.74, 6) is 1.08. The number of rotatable bonds is 6. The highest BCUT2D eigenvalue weighted by molar-refractivity contribution is 5.03. The molecule has 2 rings (SSSR count). The van der Waals surface area contributed by atoms with E-state index < -0.39 is 0 Å². The average Bonchev–Trinajstić information content (AvgIpc) is 2.86. The van der Waals surface area contributed by atoms with Gasteiger partial charge in [0.1, 0.15) is 0 Å². The van der Waals surface area contributed by atoms with Gasteiger partial charge in [-0.15, -0.1) is 0 Å². The van der Waals surface area contributed by atoms with Crippen LogP contribution in [0, 0.1) is 11.8 Å². The molecule has 2 heterocycles. The highest BCUT2D eigenvalue weighted by Gasteiger charge is 2.25. The van der Waals surface area contributed by atoms with Crippen LogP contribution in [0.1, 0.15) is 45.6 Å². The van der Waals surface area contributed by atoms with Gasteiger partial charge >= 0.3 is 0 Å². The van der Waals surface area contributed by atoms with Crippen molar-refractivity contribution in [3.8, 4) is 0 Å². The predicted octanol–water partition coefficient (Wildman–Crippen LogP) is 2.52. The molecule has 0 radical (unpaired) electrons. The standard InChI is InChI=1S/C16H29N3O/c1-4-19-12-14(10-17-19)11-18-7-5-15(6-8-18)16(20)9-13(2)3/h10,12-13,15-16,20H,4-9,11H2,1-3H3/t16-/m1/s1. The summed E-state index contributed by atoms with van der Waals surface area (Å²) < 4.78 is 1.98. The minimum absolute atomic E-state index is 0.111. The van der Waals surface area contributed by atoms with Crippen molar-refractivity contribution >= 4 is 0 Å². The molecule has 0 aliphatic carbocycles. The van der Waals surface area contributed by atoms with Crippen molar-refractivity contribution in [3.05, 3.63) is 18.0 Å². The maximum absolute atomic E-state index is 10.2. The van der Waals surface area contributed by atoms with E-state index in [1.807, 2.05) is 10.9 Å². The molecule has 0 amide bonds. The molecular weight excluding hydrogens is 250 g/mol. The Hall–Kier alpha value is -0.870. The van der Waals surface area contributed by atoms with Crippen LogP contribution in [0.3, 0.4) is 0 Å². The summed E-state index contributed by atoms with van der Waals surface area (Å²) in [6, 6.07) is 0. The number of aryl methyl sites for hydroxylation is 1. The Morgan fingerprint density at radius 1 is 1.35 bits per heavy atom. The molecule has 1 saturated heterocycles. The predicted molar refractivity (Wildman–Crippen MR) is 81.4 cm³/mol. The van der Waals surface area contributed by atoms with E-state index in [9.17, 15) is 5.11 Å². The molecule has 1 aliphatic rings. The van der Waals surface area contributed by atoms with Gasteiger partial charge in [0.2, 0.25) is 0 Å². The largest absolute Gasteiger partial charge is 0.393 e. The summed E-state index contributed by atoms with van der Waals surface area (Å²) in [5, 5.41) is 14.5. The van der Waals surface area contributed by atoms with Crippen molar-refractivity contribution in [2.75, 3.05) is 13.1 Å². The third-order valence-corrected chi connectivity index (χ3v) is 4.31. The van der Waals surface area contributed by atoms with Crippen LogP contribution in [0.4, 0.5) is 0 Å². The van der Waals surface area contributed by atoms with Crippen molar-refractivity contribution in [2.45, 2.75) is 59.2 Å². The van der Waals surface area contributed by atoms with Crippen molar-refractivity contribution in [1.82, 2.24) is 14.7 Å². The number of nitrogens with zero attached hydrogens (tertiary/aromatic N) is 3. The lowest BCUT2D eigenvalue weighted by atomic mass is 9.87. The van der Waals surface area contributed by atoms with E-state index in [1.54, 1.807) is 0 Å². The van der Waals surface area contributed by atoms with Gasteiger partial charge in [-0.05, 0) is 51.1 Å². The minimum Gasteiger partial charge on any atom is -0.393 e. The topological polar surface area (TPSA) is 41.3 Å². The molecule has 1 aromatic rings. The van der Waals surface area contributed by atoms with E-state index in [0.717, 1.165) is 45.4 Å². The zero-order valence-corrected chi connectivity index (χ0v) is 13.1. The highest BCUT2D eigenvalue weighted by atomic mass is 16.3. The zero-order valence-electron chi connectivity index (χ0n) is 13.1. The molecule has 1 aromatic heterocycles. The van der Waals surface area contributed by atoms with Crippen LogP contribution < -0.4 is 0 Å². The Bertz CT molecular complexity index is 394. The molecule has 4 heteroatoms. The number of hydrogen-bond donors (Lipinski definition) is 1. The Kier molecular flexibility index (Phi) is 5.61. The minimum atomic E-state index is -0.111. The molecule has 20 heavy (non-hydrogen) atoms. The van der Waals surface area contributed by atoms with E-state index in [-0.39, 0.29) is 6.10 Å². The smallest absolute Gasteiger partial charge is 0.0571 e. The summed E-state index contributed by atoms with van der Waals surface area (Å²) in [6.07, 6.45) is 7.18. The van der Waals surface area contributed by atoms with Crippen LogP contribution in [-0.4, -0.2) is 39.0 Å². The summed E-state index contributed by atoms with van der Waals surface area (Å²) in [4.78, 5) is 2.48. The first-order chi connectivity index (χ1) is 9.58. The summed E-state index contributed by atoms with van der Waals surface area (Å²) in [5.41, 5.74) is 1.30. The molecular formula is C16H29N3O. The second kappa shape index (κ2) is 7.23. The normalized spacial score (nSPS) is 19.6. The maximum Gasteiger partial charge on any atom is 0.0571 e. The lowest BCUT2D eigenvalue weighted by Crippen LogP contribution is -2.37. The first kappa shape index (κ1) is 15.5. The molecule has 0 bridgehead atoms. The van der Waals surface area contributed by atoms with E-state index >= 15 is 0 Å². The third-order valence-electron chi connectivity index (χ3n) is 4.31. The summed E-state index contributed by atoms with van der Waals surface area (Å²) >= 11 is 0. The molecule has 1 atom stereocenters. The van der Waals surface area contributed by atoms with Gasteiger partial charge in [0, 0.05) is 24.8 Å². The molecule has 0 unspecified atom stereocenters. The highest BCUT2D eigenvalue weighted by Crippen LogP contribution is 2.25. The van der Waals surface area contributed by atoms with Gasteiger partial charge in [-0.1, -0.05) is 13.8 Å². The Labute approximate surface area is 122 Å². The second-order valence-electron chi connectivity index (χ2n) is 6.51. The van der Waals surface area contributed by atoms with E-state index in [4.69, 9.17) is 0 Å². The van der Waals surface area contributed by atoms with Gasteiger partial charge in [0.25, 0.3) is 0 Å². The van der Waals surface area contributed by atoms with Crippen LogP contribution >= 0.6 is 0 Å². The van der Waals surface area contributed by atoms with Gasteiger partial charge < -0.3 is 5.11 Å². The molecule has 0 aromatic carbocycles. The number of aliphatic hydroxyl groups excluding tert-OH is 1. The zero-order chi connectivity index (χ0) is 14.5. The van der Waals surface area contributed by atoms with Crippen molar-refractivity contribution in [3.63, 3.8) is 0 Å². The molecule has 1 aliphatic heterocycles. The molecule has 1 fully saturated rings. The molecule has 1 N–H and O–H groups in total. The fourth-order valence-electron chi connectivity index (χ4n) is 3.09. The fraction of sp³-hybridized carbons (Fsp3) is 0.812. The van der Waals surface area contributed by atoms with Crippen LogP contribution in [0.15, 0.2) is 12.4 Å². The molecule has 0 saturated carbocycles.